The molecular formula is C29H37Cl2N5O4. The molecule has 1 saturated heterocycles. The minimum absolute atomic E-state index is 0.229. The molecule has 0 saturated carbocycles. The fourth-order valence-electron chi connectivity index (χ4n) is 4.96. The number of aryl methyl sites for hydroxylation is 1. The van der Waals surface area contributed by atoms with E-state index in [-0.39, 0.29) is 12.3 Å². The smallest absolute Gasteiger partial charge is 0.256 e. The molecule has 3 N–H and O–H groups in total. The first kappa shape index (κ1) is 30.1. The highest BCUT2D eigenvalue weighted by Crippen LogP contribution is 2.34. The van der Waals surface area contributed by atoms with Gasteiger partial charge in [-0.05, 0) is 63.4 Å². The van der Waals surface area contributed by atoms with Crippen LogP contribution in [0.2, 0.25) is 10.0 Å². The Morgan fingerprint density at radius 2 is 1.77 bits per heavy atom. The summed E-state index contributed by atoms with van der Waals surface area (Å²) in [7, 11) is 0. The summed E-state index contributed by atoms with van der Waals surface area (Å²) in [6.45, 7) is 8.30. The molecular weight excluding hydrogens is 553 g/mol. The second kappa shape index (κ2) is 13.7. The topological polar surface area (TPSA) is 108 Å². The number of hydrogen-bond donors (Lipinski definition) is 2. The van der Waals surface area contributed by atoms with Crippen LogP contribution in [0.5, 0.6) is 5.75 Å². The molecule has 216 valence electrons. The van der Waals surface area contributed by atoms with Crippen molar-refractivity contribution >= 4 is 52.3 Å². The van der Waals surface area contributed by atoms with Gasteiger partial charge >= 0.3 is 0 Å². The molecule has 0 aliphatic carbocycles. The first-order valence-electron chi connectivity index (χ1n) is 13.8. The number of nitrogens with two attached hydrogens (primary N) is 1. The van der Waals surface area contributed by atoms with Crippen molar-refractivity contribution in [3.63, 3.8) is 0 Å². The molecule has 9 nitrogen and oxygen atoms in total. The number of nitrogens with one attached hydrogen (secondary N) is 1. The lowest BCUT2D eigenvalue weighted by atomic mass is 10.00. The van der Waals surface area contributed by atoms with Gasteiger partial charge in [0.15, 0.2) is 0 Å². The van der Waals surface area contributed by atoms with Crippen LogP contribution in [0.1, 0.15) is 38.7 Å². The van der Waals surface area contributed by atoms with Crippen molar-refractivity contribution in [1.82, 2.24) is 10.2 Å². The lowest BCUT2D eigenvalue weighted by Crippen LogP contribution is -2.53. The van der Waals surface area contributed by atoms with E-state index in [1.54, 1.807) is 19.1 Å². The maximum Gasteiger partial charge on any atom is 0.256 e. The molecule has 40 heavy (non-hydrogen) atoms. The summed E-state index contributed by atoms with van der Waals surface area (Å²) >= 11 is 12.6. The fourth-order valence-corrected chi connectivity index (χ4v) is 5.37. The molecule has 2 aromatic rings. The average Bonchev–Trinajstić information content (AvgIpc) is 2.94. The summed E-state index contributed by atoms with van der Waals surface area (Å²) in [5, 5.41) is 3.76. The molecule has 2 aliphatic heterocycles. The van der Waals surface area contributed by atoms with Gasteiger partial charge in [0, 0.05) is 38.7 Å². The van der Waals surface area contributed by atoms with Crippen LogP contribution in [0.15, 0.2) is 36.4 Å². The van der Waals surface area contributed by atoms with Gasteiger partial charge in [0.1, 0.15) is 11.8 Å². The van der Waals surface area contributed by atoms with Gasteiger partial charge in [0.05, 0.1) is 34.1 Å². The number of imide groups is 1. The Morgan fingerprint density at radius 1 is 1.02 bits per heavy atom. The van der Waals surface area contributed by atoms with Crippen LogP contribution in [-0.2, 0) is 20.8 Å². The SMILES string of the molecule is CC(N)C(=O)NC(C)C(=O)N1C(=O)CCc2ccc(OCCCCN3CCN(c4cccc(Cl)c4Cl)CC3)cc21. The Bertz CT molecular complexity index is 1230. The average molecular weight is 591 g/mol. The molecule has 0 aromatic heterocycles. The third-order valence-electron chi connectivity index (χ3n) is 7.30. The second-order valence-corrected chi connectivity index (χ2v) is 11.1. The van der Waals surface area contributed by atoms with Gasteiger partial charge in [0.25, 0.3) is 5.91 Å². The number of unbranched alkanes of at least 4 members (excludes halogenated alkanes) is 1. The Kier molecular flexibility index (Phi) is 10.3. The van der Waals surface area contributed by atoms with Crippen LogP contribution >= 0.6 is 23.2 Å². The number of rotatable bonds is 10. The van der Waals surface area contributed by atoms with Gasteiger partial charge in [0.2, 0.25) is 11.8 Å². The van der Waals surface area contributed by atoms with Crippen molar-refractivity contribution in [3.05, 3.63) is 52.0 Å². The fraction of sp³-hybridized carbons (Fsp3) is 0.483. The third-order valence-corrected chi connectivity index (χ3v) is 8.11. The highest BCUT2D eigenvalue weighted by Gasteiger charge is 2.33. The molecule has 0 bridgehead atoms. The zero-order valence-corrected chi connectivity index (χ0v) is 24.5. The van der Waals surface area contributed by atoms with E-state index in [2.05, 4.69) is 15.1 Å². The first-order valence-corrected chi connectivity index (χ1v) is 14.5. The van der Waals surface area contributed by atoms with Crippen LogP contribution in [0, 0.1) is 0 Å². The molecule has 2 heterocycles. The number of fused-ring (bicyclic) bond motifs is 1. The monoisotopic (exact) mass is 589 g/mol. The number of piperazine rings is 1. The van der Waals surface area contributed by atoms with Gasteiger partial charge in [-0.2, -0.15) is 0 Å². The number of carbonyl (C=O) groups excluding carboxylic acids is 3. The summed E-state index contributed by atoms with van der Waals surface area (Å²) < 4.78 is 5.99. The normalized spacial score (nSPS) is 17.3. The number of benzene rings is 2. The van der Waals surface area contributed by atoms with Crippen molar-refractivity contribution < 1.29 is 19.1 Å². The van der Waals surface area contributed by atoms with Crippen LogP contribution in [-0.4, -0.2) is 74.0 Å². The van der Waals surface area contributed by atoms with Crippen LogP contribution in [0.3, 0.4) is 0 Å². The summed E-state index contributed by atoms with van der Waals surface area (Å²) in [5.41, 5.74) is 7.99. The predicted molar refractivity (Wildman–Crippen MR) is 158 cm³/mol. The summed E-state index contributed by atoms with van der Waals surface area (Å²) in [4.78, 5) is 43.7. The first-order chi connectivity index (χ1) is 19.2. The number of ether oxygens (including phenoxy) is 1. The zero-order chi connectivity index (χ0) is 28.8. The van der Waals surface area contributed by atoms with Gasteiger partial charge in [-0.1, -0.05) is 35.3 Å². The van der Waals surface area contributed by atoms with E-state index in [4.69, 9.17) is 33.7 Å². The zero-order valence-electron chi connectivity index (χ0n) is 23.0. The molecule has 2 unspecified atom stereocenters. The number of carbonyl (C=O) groups is 3. The summed E-state index contributed by atoms with van der Waals surface area (Å²) in [5.74, 6) is -0.635. The summed E-state index contributed by atoms with van der Waals surface area (Å²) in [6.07, 6.45) is 2.64. The van der Waals surface area contributed by atoms with Crippen LogP contribution in [0.25, 0.3) is 0 Å². The van der Waals surface area contributed by atoms with E-state index in [0.717, 1.165) is 61.7 Å². The highest BCUT2D eigenvalue weighted by atomic mass is 35.5. The molecule has 4 rings (SSSR count). The van der Waals surface area contributed by atoms with E-state index >= 15 is 0 Å². The molecule has 1 fully saturated rings. The maximum atomic E-state index is 13.1. The van der Waals surface area contributed by atoms with Gasteiger partial charge in [-0.15, -0.1) is 0 Å². The molecule has 2 atom stereocenters. The van der Waals surface area contributed by atoms with E-state index in [1.807, 2.05) is 24.3 Å². The lowest BCUT2D eigenvalue weighted by Gasteiger charge is -2.36. The molecule has 11 heteroatoms. The number of hydrogen-bond acceptors (Lipinski definition) is 7. The molecule has 2 aliphatic rings. The third kappa shape index (κ3) is 7.26. The Balaban J connectivity index is 1.25. The second-order valence-electron chi connectivity index (χ2n) is 10.3. The van der Waals surface area contributed by atoms with E-state index in [0.29, 0.717) is 34.5 Å². The molecule has 0 radical (unpaired) electrons. The standard InChI is InChI=1S/C29H37Cl2N5O4/c1-19(32)28(38)33-20(2)29(39)36-25-18-22(10-8-21(25)9-11-26(36)37)40-17-4-3-12-34-13-15-35(16-14-34)24-7-5-6-23(30)27(24)31/h5-8,10,18-20H,3-4,9,11-17,32H2,1-2H3,(H,33,38). The number of nitrogens with zero attached hydrogens (tertiary/aromatic N) is 3. The highest BCUT2D eigenvalue weighted by molar-refractivity contribution is 6.43. The number of halogens is 2. The summed E-state index contributed by atoms with van der Waals surface area (Å²) in [6, 6.07) is 9.61. The minimum Gasteiger partial charge on any atom is -0.494 e. The number of anilines is 2. The van der Waals surface area contributed by atoms with Crippen LogP contribution < -0.4 is 25.6 Å². The van der Waals surface area contributed by atoms with Crippen molar-refractivity contribution in [2.24, 2.45) is 5.73 Å². The predicted octanol–water partition coefficient (Wildman–Crippen LogP) is 3.63. The largest absolute Gasteiger partial charge is 0.494 e. The van der Waals surface area contributed by atoms with Gasteiger partial charge < -0.3 is 20.7 Å². The van der Waals surface area contributed by atoms with Crippen molar-refractivity contribution in [2.45, 2.75) is 51.6 Å². The van der Waals surface area contributed by atoms with Crippen molar-refractivity contribution in [1.29, 1.82) is 0 Å². The maximum absolute atomic E-state index is 13.1. The van der Waals surface area contributed by atoms with Crippen LogP contribution in [0.4, 0.5) is 11.4 Å². The van der Waals surface area contributed by atoms with E-state index in [9.17, 15) is 14.4 Å². The minimum atomic E-state index is -0.887. The van der Waals surface area contributed by atoms with Crippen molar-refractivity contribution in [2.75, 3.05) is 49.1 Å². The molecule has 2 aromatic carbocycles. The van der Waals surface area contributed by atoms with Gasteiger partial charge in [-0.25, -0.2) is 4.90 Å². The van der Waals surface area contributed by atoms with E-state index in [1.165, 1.54) is 6.92 Å². The van der Waals surface area contributed by atoms with E-state index < -0.39 is 23.9 Å². The lowest BCUT2D eigenvalue weighted by molar-refractivity contribution is -0.131. The Morgan fingerprint density at radius 3 is 2.50 bits per heavy atom. The molecule has 3 amide bonds. The quantitative estimate of drug-likeness (QED) is 0.407. The Labute approximate surface area is 245 Å². The molecule has 0 spiro atoms. The van der Waals surface area contributed by atoms with Gasteiger partial charge in [-0.3, -0.25) is 19.3 Å². The Hall–Kier alpha value is -2.85. The number of amides is 3. The van der Waals surface area contributed by atoms with Crippen molar-refractivity contribution in [3.8, 4) is 5.75 Å².